The molecule has 0 saturated heterocycles. The van der Waals surface area contributed by atoms with Crippen molar-refractivity contribution in [1.29, 1.82) is 0 Å². The number of hydrogen-bond acceptors (Lipinski definition) is 3. The number of hydrogen-bond donors (Lipinski definition) is 0. The molecule has 1 aromatic heterocycles. The molecule has 0 fully saturated rings. The number of rotatable bonds is 3. The Kier molecular flexibility index (Phi) is 3.91. The molecule has 0 saturated carbocycles. The Morgan fingerprint density at radius 1 is 1.08 bits per heavy atom. The SMILES string of the molecule is CCCN1C(=O)c2oc3cc(C)cc(C)c3c(=O)c2C1c1ccccc1. The first-order valence-corrected chi connectivity index (χ1v) is 8.96. The first kappa shape index (κ1) is 16.6. The summed E-state index contributed by atoms with van der Waals surface area (Å²) in [5.74, 6) is -0.0105. The van der Waals surface area contributed by atoms with Crippen molar-refractivity contribution < 1.29 is 9.21 Å². The van der Waals surface area contributed by atoms with Crippen LogP contribution in [0.1, 0.15) is 52.2 Å². The summed E-state index contributed by atoms with van der Waals surface area (Å²) in [5.41, 5.74) is 3.68. The van der Waals surface area contributed by atoms with Gasteiger partial charge in [0.05, 0.1) is 17.0 Å². The maximum absolute atomic E-state index is 13.4. The fourth-order valence-corrected chi connectivity index (χ4v) is 3.97. The molecule has 0 radical (unpaired) electrons. The molecule has 1 aliphatic heterocycles. The van der Waals surface area contributed by atoms with Gasteiger partial charge in [0.25, 0.3) is 5.91 Å². The summed E-state index contributed by atoms with van der Waals surface area (Å²) in [6, 6.07) is 13.1. The number of nitrogens with zero attached hydrogens (tertiary/aromatic N) is 1. The number of benzene rings is 2. The molecule has 0 bridgehead atoms. The zero-order valence-corrected chi connectivity index (χ0v) is 15.2. The molecule has 1 unspecified atom stereocenters. The van der Waals surface area contributed by atoms with Crippen LogP contribution in [0.2, 0.25) is 0 Å². The summed E-state index contributed by atoms with van der Waals surface area (Å²) >= 11 is 0. The molecular formula is C22H21NO3. The second-order valence-electron chi connectivity index (χ2n) is 6.94. The van der Waals surface area contributed by atoms with E-state index < -0.39 is 0 Å². The van der Waals surface area contributed by atoms with Gasteiger partial charge < -0.3 is 9.32 Å². The number of fused-ring (bicyclic) bond motifs is 2. The Hall–Kier alpha value is -2.88. The number of amides is 1. The fraction of sp³-hybridized carbons (Fsp3) is 0.273. The van der Waals surface area contributed by atoms with Gasteiger partial charge in [0, 0.05) is 6.54 Å². The van der Waals surface area contributed by atoms with E-state index in [4.69, 9.17) is 4.42 Å². The van der Waals surface area contributed by atoms with Gasteiger partial charge in [0.1, 0.15) is 5.58 Å². The standard InChI is InChI=1S/C22H21NO3/c1-4-10-23-19(15-8-6-5-7-9-15)18-20(24)17-14(3)11-13(2)12-16(17)26-21(18)22(23)25/h5-9,11-12,19H,4,10H2,1-3H3. The van der Waals surface area contributed by atoms with E-state index in [1.165, 1.54) is 0 Å². The molecule has 0 spiro atoms. The van der Waals surface area contributed by atoms with Crippen LogP contribution >= 0.6 is 0 Å². The topological polar surface area (TPSA) is 50.5 Å². The fourth-order valence-electron chi connectivity index (χ4n) is 3.97. The van der Waals surface area contributed by atoms with Gasteiger partial charge in [-0.05, 0) is 43.0 Å². The third-order valence-corrected chi connectivity index (χ3v) is 4.99. The molecule has 1 atom stereocenters. The van der Waals surface area contributed by atoms with Crippen molar-refractivity contribution in [3.8, 4) is 0 Å². The lowest BCUT2D eigenvalue weighted by Gasteiger charge is -2.24. The van der Waals surface area contributed by atoms with Gasteiger partial charge in [-0.3, -0.25) is 9.59 Å². The summed E-state index contributed by atoms with van der Waals surface area (Å²) in [7, 11) is 0. The summed E-state index contributed by atoms with van der Waals surface area (Å²) in [4.78, 5) is 28.2. The van der Waals surface area contributed by atoms with Gasteiger partial charge in [-0.25, -0.2) is 0 Å². The van der Waals surface area contributed by atoms with Crippen LogP contribution in [0.4, 0.5) is 0 Å². The van der Waals surface area contributed by atoms with Gasteiger partial charge in [-0.2, -0.15) is 0 Å². The molecule has 4 rings (SSSR count). The molecule has 3 aromatic rings. The van der Waals surface area contributed by atoms with E-state index in [1.807, 2.05) is 63.2 Å². The molecule has 4 nitrogen and oxygen atoms in total. The molecule has 26 heavy (non-hydrogen) atoms. The zero-order chi connectivity index (χ0) is 18.4. The summed E-state index contributed by atoms with van der Waals surface area (Å²) in [5, 5.41) is 0.571. The van der Waals surface area contributed by atoms with Gasteiger partial charge in [0.15, 0.2) is 5.43 Å². The minimum absolute atomic E-state index is 0.0976. The van der Waals surface area contributed by atoms with E-state index >= 15 is 0 Å². The maximum atomic E-state index is 13.4. The highest BCUT2D eigenvalue weighted by atomic mass is 16.3. The van der Waals surface area contributed by atoms with Gasteiger partial charge in [0.2, 0.25) is 5.76 Å². The monoisotopic (exact) mass is 347 g/mol. The molecule has 4 heteroatoms. The molecule has 1 amide bonds. The van der Waals surface area contributed by atoms with Crippen molar-refractivity contribution >= 4 is 16.9 Å². The second kappa shape index (κ2) is 6.13. The predicted octanol–water partition coefficient (Wildman–Crippen LogP) is 4.37. The largest absolute Gasteiger partial charge is 0.450 e. The van der Waals surface area contributed by atoms with Crippen LogP contribution in [0.3, 0.4) is 0 Å². The van der Waals surface area contributed by atoms with E-state index in [1.54, 1.807) is 4.90 Å². The van der Waals surface area contributed by atoms with Crippen LogP contribution in [0.25, 0.3) is 11.0 Å². The zero-order valence-electron chi connectivity index (χ0n) is 15.2. The van der Waals surface area contributed by atoms with Gasteiger partial charge >= 0.3 is 0 Å². The van der Waals surface area contributed by atoms with Crippen LogP contribution < -0.4 is 5.43 Å². The Morgan fingerprint density at radius 2 is 1.81 bits per heavy atom. The number of aryl methyl sites for hydroxylation is 2. The van der Waals surface area contributed by atoms with E-state index in [2.05, 4.69) is 0 Å². The number of carbonyl (C=O) groups excluding carboxylic acids is 1. The molecule has 132 valence electrons. The minimum Gasteiger partial charge on any atom is -0.450 e. The lowest BCUT2D eigenvalue weighted by Crippen LogP contribution is -2.30. The quantitative estimate of drug-likeness (QED) is 0.707. The molecular weight excluding hydrogens is 326 g/mol. The smallest absolute Gasteiger partial charge is 0.290 e. The predicted molar refractivity (Wildman–Crippen MR) is 102 cm³/mol. The molecule has 0 N–H and O–H groups in total. The van der Waals surface area contributed by atoms with Crippen LogP contribution in [0.15, 0.2) is 51.7 Å². The Bertz CT molecular complexity index is 1070. The highest BCUT2D eigenvalue weighted by Gasteiger charge is 2.42. The van der Waals surface area contributed by atoms with Gasteiger partial charge in [-0.15, -0.1) is 0 Å². The highest BCUT2D eigenvalue weighted by molar-refractivity contribution is 5.99. The van der Waals surface area contributed by atoms with E-state index in [-0.39, 0.29) is 23.1 Å². The lowest BCUT2D eigenvalue weighted by atomic mass is 9.97. The third kappa shape index (κ3) is 2.37. The van der Waals surface area contributed by atoms with E-state index in [0.29, 0.717) is 23.1 Å². The van der Waals surface area contributed by atoms with Crippen molar-refractivity contribution in [2.45, 2.75) is 33.2 Å². The summed E-state index contributed by atoms with van der Waals surface area (Å²) in [6.45, 7) is 6.47. The van der Waals surface area contributed by atoms with E-state index in [0.717, 1.165) is 23.1 Å². The van der Waals surface area contributed by atoms with Crippen molar-refractivity contribution in [2.24, 2.45) is 0 Å². The van der Waals surface area contributed by atoms with Crippen LogP contribution in [0, 0.1) is 13.8 Å². The van der Waals surface area contributed by atoms with Crippen molar-refractivity contribution in [3.05, 3.63) is 80.7 Å². The minimum atomic E-state index is -0.389. The van der Waals surface area contributed by atoms with Crippen LogP contribution in [-0.2, 0) is 0 Å². The van der Waals surface area contributed by atoms with Crippen molar-refractivity contribution in [2.75, 3.05) is 6.54 Å². The lowest BCUT2D eigenvalue weighted by molar-refractivity contribution is 0.0728. The Labute approximate surface area is 152 Å². The molecule has 2 aromatic carbocycles. The van der Waals surface area contributed by atoms with Crippen LogP contribution in [-0.4, -0.2) is 17.4 Å². The first-order chi connectivity index (χ1) is 12.5. The molecule has 2 heterocycles. The number of carbonyl (C=O) groups is 1. The summed E-state index contributed by atoms with van der Waals surface area (Å²) < 4.78 is 6.00. The second-order valence-corrected chi connectivity index (χ2v) is 6.94. The van der Waals surface area contributed by atoms with Gasteiger partial charge in [-0.1, -0.05) is 43.3 Å². The van der Waals surface area contributed by atoms with Crippen LogP contribution in [0.5, 0.6) is 0 Å². The van der Waals surface area contributed by atoms with Crippen molar-refractivity contribution in [3.63, 3.8) is 0 Å². The van der Waals surface area contributed by atoms with E-state index in [9.17, 15) is 9.59 Å². The average Bonchev–Trinajstić information content (AvgIpc) is 2.88. The first-order valence-electron chi connectivity index (χ1n) is 8.96. The summed E-state index contributed by atoms with van der Waals surface area (Å²) in [6.07, 6.45) is 0.814. The molecule has 1 aliphatic rings. The average molecular weight is 347 g/mol. The Morgan fingerprint density at radius 3 is 2.50 bits per heavy atom. The Balaban J connectivity index is 2.06. The normalized spacial score (nSPS) is 16.3. The highest BCUT2D eigenvalue weighted by Crippen LogP contribution is 2.38. The third-order valence-electron chi connectivity index (χ3n) is 4.99. The molecule has 0 aliphatic carbocycles. The maximum Gasteiger partial charge on any atom is 0.290 e. The van der Waals surface area contributed by atoms with Crippen molar-refractivity contribution in [1.82, 2.24) is 4.90 Å².